The molecule has 0 aliphatic carbocycles. The second-order valence-electron chi connectivity index (χ2n) is 8.15. The fourth-order valence-electron chi connectivity index (χ4n) is 3.66. The SMILES string of the molecule is CCCCN1CCC(NC(=O)c2cc(S(=O)(=O)Nc3ccc(C)c(Cl)c3)ccc2Cl)CC1. The van der Waals surface area contributed by atoms with Gasteiger partial charge in [0.2, 0.25) is 0 Å². The summed E-state index contributed by atoms with van der Waals surface area (Å²) in [4.78, 5) is 15.2. The standard InChI is InChI=1S/C23H29Cl2N3O3S/c1-3-4-11-28-12-9-17(10-13-28)26-23(29)20-15-19(7-8-21(20)24)32(30,31)27-18-6-5-16(2)22(25)14-18/h5-8,14-15,17,27H,3-4,9-13H2,1-2H3,(H,26,29). The number of hydrogen-bond acceptors (Lipinski definition) is 4. The predicted molar refractivity (Wildman–Crippen MR) is 130 cm³/mol. The van der Waals surface area contributed by atoms with Crippen LogP contribution in [0.2, 0.25) is 10.0 Å². The number of carbonyl (C=O) groups excluding carboxylic acids is 1. The van der Waals surface area contributed by atoms with E-state index in [4.69, 9.17) is 23.2 Å². The lowest BCUT2D eigenvalue weighted by Gasteiger charge is -2.32. The quantitative estimate of drug-likeness (QED) is 0.531. The molecule has 1 fully saturated rings. The van der Waals surface area contributed by atoms with Crippen molar-refractivity contribution in [2.24, 2.45) is 0 Å². The number of benzene rings is 2. The number of halogens is 2. The van der Waals surface area contributed by atoms with E-state index >= 15 is 0 Å². The molecule has 0 radical (unpaired) electrons. The Balaban J connectivity index is 1.69. The Kier molecular flexibility index (Phi) is 8.44. The average molecular weight is 498 g/mol. The normalized spacial score (nSPS) is 15.5. The Bertz CT molecular complexity index is 1070. The Morgan fingerprint density at radius 1 is 1.09 bits per heavy atom. The van der Waals surface area contributed by atoms with Crippen molar-refractivity contribution in [2.45, 2.75) is 50.5 Å². The molecule has 1 aliphatic heterocycles. The number of unbranched alkanes of at least 4 members (excludes halogenated alkanes) is 1. The third-order valence-electron chi connectivity index (χ3n) is 5.67. The van der Waals surface area contributed by atoms with Crippen molar-refractivity contribution in [3.63, 3.8) is 0 Å². The molecule has 9 heteroatoms. The van der Waals surface area contributed by atoms with Gasteiger partial charge in [-0.25, -0.2) is 8.42 Å². The van der Waals surface area contributed by atoms with E-state index < -0.39 is 10.0 Å². The first-order chi connectivity index (χ1) is 15.2. The molecule has 2 aromatic carbocycles. The van der Waals surface area contributed by atoms with E-state index in [0.29, 0.717) is 10.7 Å². The van der Waals surface area contributed by atoms with Crippen LogP contribution in [0.25, 0.3) is 0 Å². The maximum atomic E-state index is 12.9. The molecule has 0 atom stereocenters. The number of aryl methyl sites for hydroxylation is 1. The molecule has 1 saturated heterocycles. The van der Waals surface area contributed by atoms with Crippen molar-refractivity contribution in [1.82, 2.24) is 10.2 Å². The molecule has 2 aromatic rings. The zero-order chi connectivity index (χ0) is 23.3. The lowest BCUT2D eigenvalue weighted by atomic mass is 10.0. The van der Waals surface area contributed by atoms with E-state index in [1.165, 1.54) is 31.0 Å². The lowest BCUT2D eigenvalue weighted by molar-refractivity contribution is 0.0910. The van der Waals surface area contributed by atoms with Crippen molar-refractivity contribution in [2.75, 3.05) is 24.4 Å². The highest BCUT2D eigenvalue weighted by atomic mass is 35.5. The van der Waals surface area contributed by atoms with E-state index in [1.54, 1.807) is 18.2 Å². The highest BCUT2D eigenvalue weighted by Crippen LogP contribution is 2.25. The number of carbonyl (C=O) groups is 1. The maximum absolute atomic E-state index is 12.9. The molecule has 1 heterocycles. The summed E-state index contributed by atoms with van der Waals surface area (Å²) in [5, 5.41) is 3.68. The van der Waals surface area contributed by atoms with Crippen molar-refractivity contribution >= 4 is 44.8 Å². The van der Waals surface area contributed by atoms with E-state index in [0.717, 1.165) is 38.0 Å². The van der Waals surface area contributed by atoms with Crippen LogP contribution in [0.1, 0.15) is 48.5 Å². The molecule has 0 spiro atoms. The van der Waals surface area contributed by atoms with Crippen LogP contribution in [0.15, 0.2) is 41.3 Å². The molecule has 2 N–H and O–H groups in total. The summed E-state index contributed by atoms with van der Waals surface area (Å²) in [6, 6.07) is 9.08. The van der Waals surface area contributed by atoms with E-state index in [-0.39, 0.29) is 27.4 Å². The Labute approximate surface area is 200 Å². The van der Waals surface area contributed by atoms with Gasteiger partial charge in [-0.15, -0.1) is 0 Å². The minimum Gasteiger partial charge on any atom is -0.349 e. The van der Waals surface area contributed by atoms with Crippen LogP contribution >= 0.6 is 23.2 Å². The average Bonchev–Trinajstić information content (AvgIpc) is 2.75. The van der Waals surface area contributed by atoms with Crippen LogP contribution in [0.3, 0.4) is 0 Å². The molecule has 6 nitrogen and oxygen atoms in total. The molecule has 0 bridgehead atoms. The van der Waals surface area contributed by atoms with Crippen molar-refractivity contribution in [3.8, 4) is 0 Å². The minimum atomic E-state index is -3.92. The van der Waals surface area contributed by atoms with Gasteiger partial charge in [0, 0.05) is 24.2 Å². The number of amides is 1. The Hall–Kier alpha value is -1.80. The minimum absolute atomic E-state index is 0.0434. The first-order valence-corrected chi connectivity index (χ1v) is 13.0. The Morgan fingerprint density at radius 2 is 1.81 bits per heavy atom. The van der Waals surface area contributed by atoms with Crippen molar-refractivity contribution in [3.05, 3.63) is 57.6 Å². The van der Waals surface area contributed by atoms with Crippen LogP contribution in [-0.2, 0) is 10.0 Å². The second-order valence-corrected chi connectivity index (χ2v) is 10.7. The summed E-state index contributed by atoms with van der Waals surface area (Å²) in [6.45, 7) is 6.98. The first-order valence-electron chi connectivity index (χ1n) is 10.8. The van der Waals surface area contributed by atoms with Gasteiger partial charge in [0.1, 0.15) is 0 Å². The number of rotatable bonds is 8. The van der Waals surface area contributed by atoms with Crippen LogP contribution < -0.4 is 10.0 Å². The summed E-state index contributed by atoms with van der Waals surface area (Å²) in [5.41, 5.74) is 1.33. The number of likely N-dealkylation sites (tertiary alicyclic amines) is 1. The molecule has 32 heavy (non-hydrogen) atoms. The zero-order valence-electron chi connectivity index (χ0n) is 18.3. The van der Waals surface area contributed by atoms with E-state index in [1.807, 2.05) is 6.92 Å². The smallest absolute Gasteiger partial charge is 0.261 e. The van der Waals surface area contributed by atoms with Gasteiger partial charge in [-0.2, -0.15) is 0 Å². The van der Waals surface area contributed by atoms with Crippen LogP contribution in [-0.4, -0.2) is 44.9 Å². The summed E-state index contributed by atoms with van der Waals surface area (Å²) < 4.78 is 28.2. The van der Waals surface area contributed by atoms with Crippen molar-refractivity contribution < 1.29 is 13.2 Å². The molecule has 1 amide bonds. The molecule has 1 aliphatic rings. The van der Waals surface area contributed by atoms with Gasteiger partial charge in [-0.1, -0.05) is 42.6 Å². The van der Waals surface area contributed by atoms with E-state index in [9.17, 15) is 13.2 Å². The zero-order valence-corrected chi connectivity index (χ0v) is 20.7. The molecule has 0 aromatic heterocycles. The van der Waals surface area contributed by atoms with Crippen LogP contribution in [0.4, 0.5) is 5.69 Å². The van der Waals surface area contributed by atoms with Crippen LogP contribution in [0.5, 0.6) is 0 Å². The van der Waals surface area contributed by atoms with Crippen molar-refractivity contribution in [1.29, 1.82) is 0 Å². The topological polar surface area (TPSA) is 78.5 Å². The number of anilines is 1. The van der Waals surface area contributed by atoms with Gasteiger partial charge in [-0.3, -0.25) is 9.52 Å². The summed E-state index contributed by atoms with van der Waals surface area (Å²) in [7, 11) is -3.92. The highest BCUT2D eigenvalue weighted by molar-refractivity contribution is 7.92. The van der Waals surface area contributed by atoms with Gasteiger partial charge >= 0.3 is 0 Å². The third-order valence-corrected chi connectivity index (χ3v) is 7.78. The predicted octanol–water partition coefficient (Wildman–Crippen LogP) is 5.10. The van der Waals surface area contributed by atoms with Gasteiger partial charge in [0.25, 0.3) is 15.9 Å². The number of sulfonamides is 1. The first kappa shape index (κ1) is 24.8. The highest BCUT2D eigenvalue weighted by Gasteiger charge is 2.23. The summed E-state index contributed by atoms with van der Waals surface area (Å²) in [5.74, 6) is -0.363. The van der Waals surface area contributed by atoms with Gasteiger partial charge in [-0.05, 0) is 68.6 Å². The monoisotopic (exact) mass is 497 g/mol. The summed E-state index contributed by atoms with van der Waals surface area (Å²) >= 11 is 12.3. The molecular formula is C23H29Cl2N3O3S. The summed E-state index contributed by atoms with van der Waals surface area (Å²) in [6.07, 6.45) is 4.07. The fourth-order valence-corrected chi connectivity index (χ4v) is 5.12. The molecule has 0 unspecified atom stereocenters. The van der Waals surface area contributed by atoms with Gasteiger partial charge in [0.15, 0.2) is 0 Å². The molecule has 3 rings (SSSR count). The number of nitrogens with one attached hydrogen (secondary N) is 2. The fraction of sp³-hybridized carbons (Fsp3) is 0.435. The Morgan fingerprint density at radius 3 is 2.47 bits per heavy atom. The van der Waals surface area contributed by atoms with Gasteiger partial charge < -0.3 is 10.2 Å². The molecular weight excluding hydrogens is 469 g/mol. The number of hydrogen-bond donors (Lipinski definition) is 2. The van der Waals surface area contributed by atoms with E-state index in [2.05, 4.69) is 21.9 Å². The number of piperidine rings is 1. The van der Waals surface area contributed by atoms with Crippen LogP contribution in [0, 0.1) is 6.92 Å². The lowest BCUT2D eigenvalue weighted by Crippen LogP contribution is -2.44. The molecule has 0 saturated carbocycles. The third kappa shape index (κ3) is 6.38. The largest absolute Gasteiger partial charge is 0.349 e. The molecule has 174 valence electrons. The maximum Gasteiger partial charge on any atom is 0.261 e. The second kappa shape index (κ2) is 10.9. The van der Waals surface area contributed by atoms with Gasteiger partial charge in [0.05, 0.1) is 21.2 Å². The number of nitrogens with zero attached hydrogens (tertiary/aromatic N) is 1.